The monoisotopic (exact) mass is 329 g/mol. The molecule has 0 spiro atoms. The van der Waals surface area contributed by atoms with Crippen molar-refractivity contribution in [3.8, 4) is 0 Å². The molecule has 0 aromatic carbocycles. The van der Waals surface area contributed by atoms with Crippen molar-refractivity contribution in [2.45, 2.75) is 38.1 Å². The van der Waals surface area contributed by atoms with E-state index in [0.29, 0.717) is 10.9 Å². The van der Waals surface area contributed by atoms with Crippen molar-refractivity contribution >= 4 is 22.2 Å². The van der Waals surface area contributed by atoms with Gasteiger partial charge in [0.15, 0.2) is 4.96 Å². The zero-order chi connectivity index (χ0) is 15.6. The van der Waals surface area contributed by atoms with E-state index in [4.69, 9.17) is 0 Å². The molecule has 6 heteroatoms. The molecule has 3 fully saturated rings. The van der Waals surface area contributed by atoms with Gasteiger partial charge in [-0.1, -0.05) is 6.42 Å². The number of fused-ring (bicyclic) bond motifs is 6. The lowest BCUT2D eigenvalue weighted by atomic mass is 9.79. The van der Waals surface area contributed by atoms with Gasteiger partial charge < -0.3 is 5.32 Å². The van der Waals surface area contributed by atoms with E-state index in [9.17, 15) is 9.59 Å². The van der Waals surface area contributed by atoms with Gasteiger partial charge in [0.05, 0.1) is 0 Å². The molecule has 3 saturated carbocycles. The SMILES string of the molecule is O=C(N[C@@H]1C[C@H]2C[C@H]1[C@@H]1CCC[C@@H]21)c1cnc2sccn2c1=O. The first-order valence-corrected chi connectivity index (χ1v) is 9.36. The van der Waals surface area contributed by atoms with Crippen LogP contribution in [0.5, 0.6) is 0 Å². The minimum absolute atomic E-state index is 0.159. The quantitative estimate of drug-likeness (QED) is 0.919. The summed E-state index contributed by atoms with van der Waals surface area (Å²) in [5.74, 6) is 2.86. The normalized spacial score (nSPS) is 34.9. The Balaban J connectivity index is 1.39. The van der Waals surface area contributed by atoms with E-state index in [1.54, 1.807) is 6.20 Å². The maximum absolute atomic E-state index is 12.6. The molecule has 2 aromatic heterocycles. The molecule has 1 N–H and O–H groups in total. The van der Waals surface area contributed by atoms with Gasteiger partial charge in [0, 0.05) is 23.8 Å². The minimum atomic E-state index is -0.268. The van der Waals surface area contributed by atoms with Crippen LogP contribution in [0.2, 0.25) is 0 Å². The topological polar surface area (TPSA) is 63.5 Å². The summed E-state index contributed by atoms with van der Waals surface area (Å²) in [5.41, 5.74) is -0.109. The van der Waals surface area contributed by atoms with Gasteiger partial charge >= 0.3 is 0 Å². The van der Waals surface area contributed by atoms with Crippen LogP contribution < -0.4 is 10.9 Å². The first-order valence-electron chi connectivity index (χ1n) is 8.48. The molecule has 2 aromatic rings. The van der Waals surface area contributed by atoms with Crippen molar-refractivity contribution in [2.24, 2.45) is 23.7 Å². The second-order valence-corrected chi connectivity index (χ2v) is 8.14. The Hall–Kier alpha value is -1.69. The molecule has 1 amide bonds. The Morgan fingerprint density at radius 3 is 3.04 bits per heavy atom. The van der Waals surface area contributed by atoms with E-state index in [0.717, 1.165) is 24.2 Å². The molecule has 5 rings (SSSR count). The molecular formula is C17H19N3O2S. The Morgan fingerprint density at radius 2 is 2.13 bits per heavy atom. The highest BCUT2D eigenvalue weighted by molar-refractivity contribution is 7.15. The molecule has 5 atom stereocenters. The molecule has 5 nitrogen and oxygen atoms in total. The fourth-order valence-corrected chi connectivity index (χ4v) is 6.14. The molecular weight excluding hydrogens is 310 g/mol. The number of nitrogens with zero attached hydrogens (tertiary/aromatic N) is 2. The molecule has 0 radical (unpaired) electrons. The van der Waals surface area contributed by atoms with E-state index in [1.807, 2.05) is 5.38 Å². The largest absolute Gasteiger partial charge is 0.349 e. The van der Waals surface area contributed by atoms with E-state index in [-0.39, 0.29) is 23.1 Å². The number of thiazole rings is 1. The summed E-state index contributed by atoms with van der Waals surface area (Å²) in [5, 5.41) is 4.96. The Morgan fingerprint density at radius 1 is 1.26 bits per heavy atom. The van der Waals surface area contributed by atoms with Crippen molar-refractivity contribution in [1.82, 2.24) is 14.7 Å². The number of nitrogens with one attached hydrogen (secondary N) is 1. The van der Waals surface area contributed by atoms with Crippen LogP contribution in [0.3, 0.4) is 0 Å². The number of hydrogen-bond acceptors (Lipinski definition) is 4. The number of rotatable bonds is 2. The Bertz CT molecular complexity index is 842. The van der Waals surface area contributed by atoms with Crippen LogP contribution in [0.15, 0.2) is 22.6 Å². The Kier molecular flexibility index (Phi) is 2.92. The van der Waals surface area contributed by atoms with Crippen molar-refractivity contribution in [3.05, 3.63) is 33.7 Å². The second-order valence-electron chi connectivity index (χ2n) is 7.27. The van der Waals surface area contributed by atoms with Crippen LogP contribution in [-0.2, 0) is 0 Å². The summed E-state index contributed by atoms with van der Waals surface area (Å²) in [7, 11) is 0. The molecule has 2 bridgehead atoms. The Labute approximate surface area is 137 Å². The first-order chi connectivity index (χ1) is 11.2. The first kappa shape index (κ1) is 13.7. The van der Waals surface area contributed by atoms with Crippen molar-refractivity contribution < 1.29 is 4.79 Å². The highest BCUT2D eigenvalue weighted by Gasteiger charge is 2.54. The van der Waals surface area contributed by atoms with Crippen LogP contribution in [0.4, 0.5) is 0 Å². The molecule has 0 unspecified atom stereocenters. The van der Waals surface area contributed by atoms with Gasteiger partial charge in [-0.3, -0.25) is 14.0 Å². The van der Waals surface area contributed by atoms with Crippen LogP contribution in [0.25, 0.3) is 4.96 Å². The standard InChI is InChI=1S/C17H19N3O2S/c21-15(13-8-18-17-20(16(13)22)4-5-23-17)19-14-7-9-6-12(14)11-3-1-2-10(9)11/h4-5,8-12,14H,1-3,6-7H2,(H,19,21)/t9-,10+,11-,12+,14-/m1/s1. The summed E-state index contributed by atoms with van der Waals surface area (Å²) >= 11 is 1.40. The highest BCUT2D eigenvalue weighted by Crippen LogP contribution is 2.58. The van der Waals surface area contributed by atoms with Crippen molar-refractivity contribution in [3.63, 3.8) is 0 Å². The van der Waals surface area contributed by atoms with Crippen LogP contribution in [-0.4, -0.2) is 21.3 Å². The second kappa shape index (κ2) is 4.90. The van der Waals surface area contributed by atoms with Crippen molar-refractivity contribution in [2.75, 3.05) is 0 Å². The number of aromatic nitrogens is 2. The number of carbonyl (C=O) groups is 1. The highest BCUT2D eigenvalue weighted by atomic mass is 32.1. The van der Waals surface area contributed by atoms with Crippen LogP contribution in [0, 0.1) is 23.7 Å². The predicted molar refractivity (Wildman–Crippen MR) is 87.6 cm³/mol. The van der Waals surface area contributed by atoms with E-state index in [1.165, 1.54) is 47.6 Å². The average Bonchev–Trinajstić information content (AvgIpc) is 3.29. The summed E-state index contributed by atoms with van der Waals surface area (Å²) in [4.78, 5) is 29.9. The van der Waals surface area contributed by atoms with Gasteiger partial charge in [-0.2, -0.15) is 0 Å². The zero-order valence-corrected chi connectivity index (χ0v) is 13.6. The van der Waals surface area contributed by atoms with Gasteiger partial charge in [-0.25, -0.2) is 4.98 Å². The zero-order valence-electron chi connectivity index (χ0n) is 12.8. The maximum atomic E-state index is 12.6. The number of amides is 1. The molecule has 23 heavy (non-hydrogen) atoms. The van der Waals surface area contributed by atoms with E-state index < -0.39 is 0 Å². The summed E-state index contributed by atoms with van der Waals surface area (Å²) in [6.07, 6.45) is 9.51. The van der Waals surface area contributed by atoms with Gasteiger partial charge in [0.1, 0.15) is 5.56 Å². The van der Waals surface area contributed by atoms with E-state index >= 15 is 0 Å². The summed E-state index contributed by atoms with van der Waals surface area (Å²) < 4.78 is 1.45. The summed E-state index contributed by atoms with van der Waals surface area (Å²) in [6.45, 7) is 0. The van der Waals surface area contributed by atoms with Crippen LogP contribution in [0.1, 0.15) is 42.5 Å². The van der Waals surface area contributed by atoms with Crippen LogP contribution >= 0.6 is 11.3 Å². The third-order valence-corrected chi connectivity index (χ3v) is 7.10. The van der Waals surface area contributed by atoms with Gasteiger partial charge in [-0.15, -0.1) is 11.3 Å². The third kappa shape index (κ3) is 1.94. The fourth-order valence-electron chi connectivity index (χ4n) is 5.46. The van der Waals surface area contributed by atoms with Crippen molar-refractivity contribution in [1.29, 1.82) is 0 Å². The lowest BCUT2D eigenvalue weighted by Gasteiger charge is -2.32. The van der Waals surface area contributed by atoms with E-state index in [2.05, 4.69) is 10.3 Å². The molecule has 0 saturated heterocycles. The smallest absolute Gasteiger partial charge is 0.271 e. The minimum Gasteiger partial charge on any atom is -0.349 e. The third-order valence-electron chi connectivity index (χ3n) is 6.33. The average molecular weight is 329 g/mol. The molecule has 2 heterocycles. The van der Waals surface area contributed by atoms with Gasteiger partial charge in [0.25, 0.3) is 11.5 Å². The maximum Gasteiger partial charge on any atom is 0.271 e. The fraction of sp³-hybridized carbons (Fsp3) is 0.588. The van der Waals surface area contributed by atoms with Gasteiger partial charge in [-0.05, 0) is 49.4 Å². The molecule has 120 valence electrons. The molecule has 0 aliphatic heterocycles. The summed E-state index contributed by atoms with van der Waals surface area (Å²) in [6, 6.07) is 0.245. The predicted octanol–water partition coefficient (Wildman–Crippen LogP) is 2.31. The number of carbonyl (C=O) groups excluding carboxylic acids is 1. The molecule has 3 aliphatic rings. The lowest BCUT2D eigenvalue weighted by molar-refractivity contribution is 0.0899. The number of hydrogen-bond donors (Lipinski definition) is 1. The van der Waals surface area contributed by atoms with Gasteiger partial charge in [0.2, 0.25) is 0 Å². The molecule has 3 aliphatic carbocycles. The lowest BCUT2D eigenvalue weighted by Crippen LogP contribution is -2.44.